The Balaban J connectivity index is 1.47. The molecule has 0 fully saturated rings. The summed E-state index contributed by atoms with van der Waals surface area (Å²) in [6, 6.07) is 8.43. The highest BCUT2D eigenvalue weighted by Crippen LogP contribution is 2.25. The molecule has 2 heterocycles. The third kappa shape index (κ3) is 2.96. The quantitative estimate of drug-likeness (QED) is 0.836. The van der Waals surface area contributed by atoms with Crippen LogP contribution in [0.5, 0.6) is 5.75 Å². The van der Waals surface area contributed by atoms with Crippen LogP contribution in [0.15, 0.2) is 28.8 Å². The minimum atomic E-state index is 0.731. The molecule has 19 heavy (non-hydrogen) atoms. The van der Waals surface area contributed by atoms with Crippen molar-refractivity contribution in [1.29, 1.82) is 0 Å². The van der Waals surface area contributed by atoms with Crippen molar-refractivity contribution in [1.82, 2.24) is 10.5 Å². The van der Waals surface area contributed by atoms with E-state index in [-0.39, 0.29) is 0 Å². The number of benzene rings is 1. The lowest BCUT2D eigenvalue weighted by molar-refractivity contribution is 0.357. The molecule has 1 aromatic heterocycles. The third-order valence-electron chi connectivity index (χ3n) is 3.32. The Morgan fingerprint density at radius 2 is 2.26 bits per heavy atom. The Hall–Kier alpha value is -1.81. The molecule has 2 aromatic rings. The highest BCUT2D eigenvalue weighted by atomic mass is 16.5. The zero-order valence-corrected chi connectivity index (χ0v) is 11.1. The summed E-state index contributed by atoms with van der Waals surface area (Å²) in [4.78, 5) is 0. The minimum Gasteiger partial charge on any atom is -0.493 e. The molecule has 0 radical (unpaired) electrons. The van der Waals surface area contributed by atoms with Crippen LogP contribution in [0.2, 0.25) is 0 Å². The number of hydrogen-bond acceptors (Lipinski definition) is 4. The summed E-state index contributed by atoms with van der Waals surface area (Å²) in [7, 11) is 0. The van der Waals surface area contributed by atoms with Crippen LogP contribution in [0.1, 0.15) is 22.6 Å². The number of aryl methyl sites for hydroxylation is 1. The number of fused-ring (bicyclic) bond motifs is 1. The maximum Gasteiger partial charge on any atom is 0.150 e. The van der Waals surface area contributed by atoms with Crippen molar-refractivity contribution < 1.29 is 9.26 Å². The van der Waals surface area contributed by atoms with Crippen LogP contribution in [0.4, 0.5) is 0 Å². The smallest absolute Gasteiger partial charge is 0.150 e. The van der Waals surface area contributed by atoms with Crippen molar-refractivity contribution >= 4 is 0 Å². The van der Waals surface area contributed by atoms with E-state index < -0.39 is 0 Å². The van der Waals surface area contributed by atoms with Gasteiger partial charge in [0.15, 0.2) is 5.76 Å². The molecule has 3 rings (SSSR count). The number of hydrogen-bond donors (Lipinski definition) is 1. The van der Waals surface area contributed by atoms with Gasteiger partial charge in [-0.05, 0) is 37.1 Å². The number of rotatable bonds is 5. The van der Waals surface area contributed by atoms with Gasteiger partial charge in [-0.2, -0.15) is 0 Å². The molecule has 4 nitrogen and oxygen atoms in total. The number of ether oxygens (including phenoxy) is 1. The topological polar surface area (TPSA) is 47.3 Å². The van der Waals surface area contributed by atoms with Gasteiger partial charge in [-0.15, -0.1) is 0 Å². The van der Waals surface area contributed by atoms with E-state index in [4.69, 9.17) is 9.26 Å². The lowest BCUT2D eigenvalue weighted by Crippen LogP contribution is -2.16. The second kappa shape index (κ2) is 5.45. The molecule has 100 valence electrons. The van der Waals surface area contributed by atoms with E-state index in [1.807, 2.05) is 13.0 Å². The zero-order chi connectivity index (χ0) is 13.1. The standard InChI is InChI=1S/C15H18N2O2/c1-11-8-14(19-17-11)10-16-6-4-12-2-3-15-13(9-12)5-7-18-15/h2-3,8-9,16H,4-7,10H2,1H3. The van der Waals surface area contributed by atoms with Gasteiger partial charge in [0.25, 0.3) is 0 Å². The molecule has 1 aliphatic rings. The normalized spacial score (nSPS) is 13.3. The van der Waals surface area contributed by atoms with Crippen molar-refractivity contribution in [3.63, 3.8) is 0 Å². The molecule has 0 unspecified atom stereocenters. The van der Waals surface area contributed by atoms with Crippen LogP contribution < -0.4 is 10.1 Å². The summed E-state index contributed by atoms with van der Waals surface area (Å²) in [6.07, 6.45) is 2.05. The number of nitrogens with one attached hydrogen (secondary N) is 1. The predicted molar refractivity (Wildman–Crippen MR) is 72.3 cm³/mol. The summed E-state index contributed by atoms with van der Waals surface area (Å²) < 4.78 is 10.7. The van der Waals surface area contributed by atoms with Gasteiger partial charge in [-0.25, -0.2) is 0 Å². The third-order valence-corrected chi connectivity index (χ3v) is 3.32. The molecule has 0 atom stereocenters. The first kappa shape index (κ1) is 12.2. The summed E-state index contributed by atoms with van der Waals surface area (Å²) in [5, 5.41) is 7.23. The Bertz CT molecular complexity index is 563. The molecule has 1 aromatic carbocycles. The largest absolute Gasteiger partial charge is 0.493 e. The van der Waals surface area contributed by atoms with Crippen LogP contribution in [0, 0.1) is 6.92 Å². The van der Waals surface area contributed by atoms with Gasteiger partial charge < -0.3 is 14.6 Å². The molecular formula is C15H18N2O2. The van der Waals surface area contributed by atoms with E-state index in [1.165, 1.54) is 11.1 Å². The Kier molecular flexibility index (Phi) is 3.51. The van der Waals surface area contributed by atoms with Crippen molar-refractivity contribution in [2.75, 3.05) is 13.2 Å². The van der Waals surface area contributed by atoms with Crippen LogP contribution in [-0.2, 0) is 19.4 Å². The second-order valence-corrected chi connectivity index (χ2v) is 4.90. The van der Waals surface area contributed by atoms with E-state index in [1.54, 1.807) is 0 Å². The van der Waals surface area contributed by atoms with Gasteiger partial charge >= 0.3 is 0 Å². The summed E-state index contributed by atoms with van der Waals surface area (Å²) in [5.41, 5.74) is 3.62. The van der Waals surface area contributed by atoms with Gasteiger partial charge in [0.1, 0.15) is 5.75 Å². The molecule has 4 heteroatoms. The Morgan fingerprint density at radius 3 is 3.11 bits per heavy atom. The van der Waals surface area contributed by atoms with Crippen molar-refractivity contribution in [3.05, 3.63) is 46.8 Å². The summed E-state index contributed by atoms with van der Waals surface area (Å²) in [5.74, 6) is 1.94. The van der Waals surface area contributed by atoms with Gasteiger partial charge in [-0.1, -0.05) is 17.3 Å². The molecule has 0 saturated heterocycles. The lowest BCUT2D eigenvalue weighted by atomic mass is 10.1. The Labute approximate surface area is 112 Å². The highest BCUT2D eigenvalue weighted by Gasteiger charge is 2.11. The number of aromatic nitrogens is 1. The Morgan fingerprint density at radius 1 is 1.32 bits per heavy atom. The molecule has 0 spiro atoms. The van der Waals surface area contributed by atoms with E-state index in [0.29, 0.717) is 0 Å². The average molecular weight is 258 g/mol. The summed E-state index contributed by atoms with van der Waals surface area (Å²) in [6.45, 7) is 4.41. The van der Waals surface area contributed by atoms with Crippen molar-refractivity contribution in [3.8, 4) is 5.75 Å². The monoisotopic (exact) mass is 258 g/mol. The van der Waals surface area contributed by atoms with E-state index >= 15 is 0 Å². The molecule has 0 bridgehead atoms. The second-order valence-electron chi connectivity index (χ2n) is 4.90. The first-order chi connectivity index (χ1) is 9.31. The molecular weight excluding hydrogens is 240 g/mol. The first-order valence-corrected chi connectivity index (χ1v) is 6.69. The van der Waals surface area contributed by atoms with Gasteiger partial charge in [-0.3, -0.25) is 0 Å². The fourth-order valence-electron chi connectivity index (χ4n) is 2.34. The zero-order valence-electron chi connectivity index (χ0n) is 11.1. The predicted octanol–water partition coefficient (Wildman–Crippen LogP) is 2.25. The minimum absolute atomic E-state index is 0.731. The van der Waals surface area contributed by atoms with E-state index in [0.717, 1.165) is 49.7 Å². The van der Waals surface area contributed by atoms with Crippen LogP contribution >= 0.6 is 0 Å². The number of nitrogens with zero attached hydrogens (tertiary/aromatic N) is 1. The van der Waals surface area contributed by atoms with Crippen LogP contribution in [-0.4, -0.2) is 18.3 Å². The molecule has 1 N–H and O–H groups in total. The molecule has 0 saturated carbocycles. The molecule has 0 amide bonds. The SMILES string of the molecule is Cc1cc(CNCCc2ccc3c(c2)CCO3)on1. The molecule has 0 aliphatic carbocycles. The van der Waals surface area contributed by atoms with Crippen molar-refractivity contribution in [2.24, 2.45) is 0 Å². The maximum absolute atomic E-state index is 5.50. The fourth-order valence-corrected chi connectivity index (χ4v) is 2.34. The highest BCUT2D eigenvalue weighted by molar-refractivity contribution is 5.39. The maximum atomic E-state index is 5.50. The fraction of sp³-hybridized carbons (Fsp3) is 0.400. The van der Waals surface area contributed by atoms with Gasteiger partial charge in [0.2, 0.25) is 0 Å². The van der Waals surface area contributed by atoms with Crippen molar-refractivity contribution in [2.45, 2.75) is 26.3 Å². The first-order valence-electron chi connectivity index (χ1n) is 6.69. The molecule has 1 aliphatic heterocycles. The lowest BCUT2D eigenvalue weighted by Gasteiger charge is -2.05. The van der Waals surface area contributed by atoms with Gasteiger partial charge in [0.05, 0.1) is 18.8 Å². The van der Waals surface area contributed by atoms with E-state index in [9.17, 15) is 0 Å². The van der Waals surface area contributed by atoms with Crippen LogP contribution in [0.25, 0.3) is 0 Å². The summed E-state index contributed by atoms with van der Waals surface area (Å²) >= 11 is 0. The van der Waals surface area contributed by atoms with Crippen LogP contribution in [0.3, 0.4) is 0 Å². The van der Waals surface area contributed by atoms with Gasteiger partial charge in [0, 0.05) is 12.5 Å². The average Bonchev–Trinajstić information content (AvgIpc) is 3.03. The van der Waals surface area contributed by atoms with E-state index in [2.05, 4.69) is 28.7 Å².